The molecule has 0 radical (unpaired) electrons. The molecule has 4 nitrogen and oxygen atoms in total. The van der Waals surface area contributed by atoms with Crippen molar-refractivity contribution >= 4 is 5.71 Å². The van der Waals surface area contributed by atoms with Crippen LogP contribution in [0.4, 0.5) is 0 Å². The molecule has 1 aromatic rings. The van der Waals surface area contributed by atoms with Gasteiger partial charge in [-0.3, -0.25) is 4.98 Å². The number of aromatic nitrogens is 1. The highest BCUT2D eigenvalue weighted by atomic mass is 16.4. The molecule has 0 amide bonds. The summed E-state index contributed by atoms with van der Waals surface area (Å²) in [4.78, 5) is 4.13. The van der Waals surface area contributed by atoms with Crippen molar-refractivity contribution in [1.82, 2.24) is 10.3 Å². The average Bonchev–Trinajstić information content (AvgIpc) is 2.33. The van der Waals surface area contributed by atoms with E-state index in [2.05, 4.69) is 15.5 Å². The first-order valence-electron chi connectivity index (χ1n) is 4.66. The zero-order chi connectivity index (χ0) is 10.5. The van der Waals surface area contributed by atoms with E-state index in [9.17, 15) is 0 Å². The van der Waals surface area contributed by atoms with Crippen molar-refractivity contribution < 1.29 is 5.21 Å². The third-order valence-corrected chi connectivity index (χ3v) is 2.07. The summed E-state index contributed by atoms with van der Waals surface area (Å²) in [6.07, 6.45) is 7.42. The molecule has 0 saturated heterocycles. The Morgan fingerprint density at radius 3 is 3.00 bits per heavy atom. The van der Waals surface area contributed by atoms with Gasteiger partial charge in [-0.15, -0.1) is 0 Å². The monoisotopic (exact) mass is 201 g/mol. The Hall–Kier alpha value is -2.10. The molecule has 4 heteroatoms. The molecule has 0 unspecified atom stereocenters. The number of pyridine rings is 1. The molecule has 0 atom stereocenters. The van der Waals surface area contributed by atoms with Crippen LogP contribution in [-0.4, -0.2) is 22.4 Å². The van der Waals surface area contributed by atoms with Gasteiger partial charge in [0.1, 0.15) is 0 Å². The van der Waals surface area contributed by atoms with E-state index in [4.69, 9.17) is 5.21 Å². The fraction of sp³-hybridized carbons (Fsp3) is 0.0909. The highest BCUT2D eigenvalue weighted by Gasteiger charge is 2.11. The van der Waals surface area contributed by atoms with Gasteiger partial charge in [-0.25, -0.2) is 0 Å². The number of nitrogens with zero attached hydrogens (tertiary/aromatic N) is 2. The molecular weight excluding hydrogens is 190 g/mol. The lowest BCUT2D eigenvalue weighted by Gasteiger charge is -2.12. The van der Waals surface area contributed by atoms with Gasteiger partial charge in [0.25, 0.3) is 0 Å². The first kappa shape index (κ1) is 9.45. The van der Waals surface area contributed by atoms with Crippen LogP contribution < -0.4 is 5.32 Å². The van der Waals surface area contributed by atoms with E-state index in [1.54, 1.807) is 12.3 Å². The molecule has 76 valence electrons. The highest BCUT2D eigenvalue weighted by molar-refractivity contribution is 6.10. The second-order valence-electron chi connectivity index (χ2n) is 3.05. The lowest BCUT2D eigenvalue weighted by molar-refractivity contribution is 0.319. The molecule has 15 heavy (non-hydrogen) atoms. The Morgan fingerprint density at radius 2 is 2.40 bits per heavy atom. The normalized spacial score (nSPS) is 15.7. The van der Waals surface area contributed by atoms with Crippen LogP contribution in [0.1, 0.15) is 5.69 Å². The smallest absolute Gasteiger partial charge is 0.151 e. The van der Waals surface area contributed by atoms with Crippen molar-refractivity contribution in [3.63, 3.8) is 0 Å². The van der Waals surface area contributed by atoms with Crippen molar-refractivity contribution in [3.05, 3.63) is 54.0 Å². The number of allylic oxidation sites excluding steroid dienone is 3. The predicted octanol–water partition coefficient (Wildman–Crippen LogP) is 1.30. The van der Waals surface area contributed by atoms with Crippen molar-refractivity contribution in [3.8, 4) is 0 Å². The molecule has 2 N–H and O–H groups in total. The van der Waals surface area contributed by atoms with Gasteiger partial charge in [-0.2, -0.15) is 0 Å². The average molecular weight is 201 g/mol. The summed E-state index contributed by atoms with van der Waals surface area (Å²) in [7, 11) is 0. The fourth-order valence-electron chi connectivity index (χ4n) is 1.37. The van der Waals surface area contributed by atoms with Crippen LogP contribution in [0.25, 0.3) is 0 Å². The summed E-state index contributed by atoms with van der Waals surface area (Å²) in [5.74, 6) is 0. The highest BCUT2D eigenvalue weighted by Crippen LogP contribution is 2.06. The lowest BCUT2D eigenvalue weighted by atomic mass is 10.1. The van der Waals surface area contributed by atoms with Gasteiger partial charge in [0.05, 0.1) is 11.4 Å². The summed E-state index contributed by atoms with van der Waals surface area (Å²) >= 11 is 0. The van der Waals surface area contributed by atoms with Crippen LogP contribution in [0, 0.1) is 0 Å². The Bertz CT molecular complexity index is 421. The van der Waals surface area contributed by atoms with Gasteiger partial charge in [-0.1, -0.05) is 23.4 Å². The molecule has 0 aliphatic carbocycles. The Labute approximate surface area is 87.6 Å². The quantitative estimate of drug-likeness (QED) is 0.431. The third kappa shape index (κ3) is 2.04. The van der Waals surface area contributed by atoms with Gasteiger partial charge < -0.3 is 10.5 Å². The zero-order valence-electron chi connectivity index (χ0n) is 8.09. The van der Waals surface area contributed by atoms with Gasteiger partial charge in [0.2, 0.25) is 0 Å². The van der Waals surface area contributed by atoms with Crippen molar-refractivity contribution in [1.29, 1.82) is 0 Å². The van der Waals surface area contributed by atoms with Crippen LogP contribution in [0.3, 0.4) is 0 Å². The van der Waals surface area contributed by atoms with E-state index in [1.807, 2.05) is 30.4 Å². The zero-order valence-corrected chi connectivity index (χ0v) is 8.09. The maximum Gasteiger partial charge on any atom is 0.151 e. The topological polar surface area (TPSA) is 57.5 Å². The van der Waals surface area contributed by atoms with Crippen molar-refractivity contribution in [2.75, 3.05) is 6.54 Å². The Balaban J connectivity index is 2.33. The lowest BCUT2D eigenvalue weighted by Crippen LogP contribution is -2.23. The maximum absolute atomic E-state index is 8.97. The SMILES string of the molecule is ON=C(C1=CC=CCN1)c1ccccn1. The minimum atomic E-state index is 0.458. The molecule has 0 bridgehead atoms. The van der Waals surface area contributed by atoms with E-state index in [0.29, 0.717) is 11.4 Å². The second kappa shape index (κ2) is 4.41. The largest absolute Gasteiger partial charge is 0.410 e. The van der Waals surface area contributed by atoms with E-state index >= 15 is 0 Å². The van der Waals surface area contributed by atoms with Crippen LogP contribution in [-0.2, 0) is 0 Å². The van der Waals surface area contributed by atoms with Gasteiger partial charge in [0, 0.05) is 12.7 Å². The van der Waals surface area contributed by atoms with Crippen LogP contribution in [0.5, 0.6) is 0 Å². The van der Waals surface area contributed by atoms with E-state index < -0.39 is 0 Å². The predicted molar refractivity (Wildman–Crippen MR) is 57.8 cm³/mol. The van der Waals surface area contributed by atoms with E-state index in [1.165, 1.54) is 0 Å². The first-order valence-corrected chi connectivity index (χ1v) is 4.66. The number of dihydropyridines is 1. The van der Waals surface area contributed by atoms with Gasteiger partial charge in [-0.05, 0) is 18.2 Å². The summed E-state index contributed by atoms with van der Waals surface area (Å²) < 4.78 is 0. The Kier molecular flexibility index (Phi) is 2.78. The third-order valence-electron chi connectivity index (χ3n) is 2.07. The molecule has 2 heterocycles. The molecule has 1 aromatic heterocycles. The standard InChI is InChI=1S/C11H11N3O/c15-14-11(9-5-1-3-7-12-9)10-6-2-4-8-13-10/h1-7,13,15H,8H2. The second-order valence-corrected chi connectivity index (χ2v) is 3.05. The number of hydrogen-bond acceptors (Lipinski definition) is 4. The molecular formula is C11H11N3O. The minimum absolute atomic E-state index is 0.458. The molecule has 0 aromatic carbocycles. The van der Waals surface area contributed by atoms with Crippen LogP contribution in [0.2, 0.25) is 0 Å². The molecule has 0 saturated carbocycles. The summed E-state index contributed by atoms with van der Waals surface area (Å²) in [6, 6.07) is 5.48. The number of hydrogen-bond donors (Lipinski definition) is 2. The van der Waals surface area contributed by atoms with Crippen LogP contribution >= 0.6 is 0 Å². The number of oxime groups is 1. The van der Waals surface area contributed by atoms with Gasteiger partial charge in [0.15, 0.2) is 5.71 Å². The molecule has 0 spiro atoms. The Morgan fingerprint density at radius 1 is 1.47 bits per heavy atom. The molecule has 1 aliphatic rings. The number of rotatable bonds is 2. The molecule has 2 rings (SSSR count). The maximum atomic E-state index is 8.97. The summed E-state index contributed by atoms with van der Waals surface area (Å²) in [5, 5.41) is 15.4. The minimum Gasteiger partial charge on any atom is -0.410 e. The fourth-order valence-corrected chi connectivity index (χ4v) is 1.37. The van der Waals surface area contributed by atoms with Crippen LogP contribution in [0.15, 0.2) is 53.5 Å². The van der Waals surface area contributed by atoms with Gasteiger partial charge >= 0.3 is 0 Å². The molecule has 1 aliphatic heterocycles. The van der Waals surface area contributed by atoms with Crippen molar-refractivity contribution in [2.24, 2.45) is 5.16 Å². The van der Waals surface area contributed by atoms with Crippen molar-refractivity contribution in [2.45, 2.75) is 0 Å². The molecule has 0 fully saturated rings. The summed E-state index contributed by atoms with van der Waals surface area (Å²) in [5.41, 5.74) is 1.88. The summed E-state index contributed by atoms with van der Waals surface area (Å²) in [6.45, 7) is 0.734. The first-order chi connectivity index (χ1) is 7.42. The van der Waals surface area contributed by atoms with E-state index in [-0.39, 0.29) is 0 Å². The number of nitrogens with one attached hydrogen (secondary N) is 1. The van der Waals surface area contributed by atoms with E-state index in [0.717, 1.165) is 12.2 Å².